The van der Waals surface area contributed by atoms with Gasteiger partial charge >= 0.3 is 5.97 Å². The number of amides is 1. The summed E-state index contributed by atoms with van der Waals surface area (Å²) in [5.41, 5.74) is 0. The lowest BCUT2D eigenvalue weighted by atomic mass is 10.2. The summed E-state index contributed by atoms with van der Waals surface area (Å²) in [4.78, 5) is 23.2. The van der Waals surface area contributed by atoms with E-state index < -0.39 is 0 Å². The van der Waals surface area contributed by atoms with Crippen molar-refractivity contribution in [3.63, 3.8) is 0 Å². The van der Waals surface area contributed by atoms with E-state index in [2.05, 4.69) is 26.0 Å². The molecule has 0 aliphatic heterocycles. The van der Waals surface area contributed by atoms with E-state index in [1.807, 2.05) is 6.07 Å². The lowest BCUT2D eigenvalue weighted by molar-refractivity contribution is -0.140. The molecular weight excluding hydrogens is 318 g/mol. The van der Waals surface area contributed by atoms with Gasteiger partial charge in [-0.15, -0.1) is 11.3 Å². The molecule has 0 spiro atoms. The largest absolute Gasteiger partial charge is 0.469 e. The molecule has 0 fully saturated rings. The van der Waals surface area contributed by atoms with Gasteiger partial charge in [-0.1, -0.05) is 6.42 Å². The van der Waals surface area contributed by atoms with Crippen LogP contribution < -0.4 is 5.32 Å². The average molecular weight is 334 g/mol. The third kappa shape index (κ3) is 5.64. The zero-order valence-corrected chi connectivity index (χ0v) is 12.6. The van der Waals surface area contributed by atoms with Crippen LogP contribution in [0.3, 0.4) is 0 Å². The van der Waals surface area contributed by atoms with Crippen LogP contribution >= 0.6 is 27.3 Å². The van der Waals surface area contributed by atoms with Crippen molar-refractivity contribution >= 4 is 39.1 Å². The number of ether oxygens (including phenoxy) is 1. The van der Waals surface area contributed by atoms with Gasteiger partial charge in [0.15, 0.2) is 0 Å². The van der Waals surface area contributed by atoms with Crippen LogP contribution in [0.1, 0.15) is 35.4 Å². The van der Waals surface area contributed by atoms with E-state index in [-0.39, 0.29) is 11.9 Å². The molecule has 0 saturated heterocycles. The van der Waals surface area contributed by atoms with Gasteiger partial charge in [-0.3, -0.25) is 9.59 Å². The molecular formula is C12H16BrNO3S. The zero-order chi connectivity index (χ0) is 13.4. The molecule has 0 bridgehead atoms. The number of nitrogens with one attached hydrogen (secondary N) is 1. The van der Waals surface area contributed by atoms with Crippen LogP contribution in [0.5, 0.6) is 0 Å². The summed E-state index contributed by atoms with van der Waals surface area (Å²) in [6, 6.07) is 3.65. The van der Waals surface area contributed by atoms with Crippen LogP contribution in [0, 0.1) is 0 Å². The number of hydrogen-bond donors (Lipinski definition) is 1. The SMILES string of the molecule is COC(=O)CCCCCNC(=O)c1ccc(Br)s1. The van der Waals surface area contributed by atoms with Crippen molar-refractivity contribution in [2.45, 2.75) is 25.7 Å². The minimum Gasteiger partial charge on any atom is -0.469 e. The highest BCUT2D eigenvalue weighted by atomic mass is 79.9. The summed E-state index contributed by atoms with van der Waals surface area (Å²) in [5.74, 6) is -0.221. The fourth-order valence-electron chi connectivity index (χ4n) is 1.40. The van der Waals surface area contributed by atoms with Crippen molar-refractivity contribution < 1.29 is 14.3 Å². The molecule has 0 saturated carbocycles. The Morgan fingerprint density at radius 2 is 2.11 bits per heavy atom. The van der Waals surface area contributed by atoms with Gasteiger partial charge in [-0.25, -0.2) is 0 Å². The number of esters is 1. The number of methoxy groups -OCH3 is 1. The molecule has 18 heavy (non-hydrogen) atoms. The van der Waals surface area contributed by atoms with Crippen LogP contribution in [-0.2, 0) is 9.53 Å². The molecule has 1 aromatic rings. The maximum absolute atomic E-state index is 11.6. The molecule has 4 nitrogen and oxygen atoms in total. The van der Waals surface area contributed by atoms with Crippen LogP contribution in [-0.4, -0.2) is 25.5 Å². The molecule has 6 heteroatoms. The van der Waals surface area contributed by atoms with Gasteiger partial charge in [-0.05, 0) is 40.9 Å². The predicted molar refractivity (Wildman–Crippen MR) is 74.8 cm³/mol. The normalized spacial score (nSPS) is 10.1. The molecule has 1 amide bonds. The van der Waals surface area contributed by atoms with E-state index in [0.29, 0.717) is 17.8 Å². The number of rotatable bonds is 7. The van der Waals surface area contributed by atoms with E-state index in [9.17, 15) is 9.59 Å². The Morgan fingerprint density at radius 1 is 1.33 bits per heavy atom. The second-order valence-electron chi connectivity index (χ2n) is 3.75. The number of thiophene rings is 1. The molecule has 0 aromatic carbocycles. The summed E-state index contributed by atoms with van der Waals surface area (Å²) in [6.45, 7) is 0.634. The van der Waals surface area contributed by atoms with E-state index in [4.69, 9.17) is 0 Å². The standard InChI is InChI=1S/C12H16BrNO3S/c1-17-11(15)5-3-2-4-8-14-12(16)9-6-7-10(13)18-9/h6-7H,2-5,8H2,1H3,(H,14,16). The van der Waals surface area contributed by atoms with Gasteiger partial charge in [0.2, 0.25) is 0 Å². The number of carbonyl (C=O) groups excluding carboxylic acids is 2. The Morgan fingerprint density at radius 3 is 2.72 bits per heavy atom. The van der Waals surface area contributed by atoms with Crippen molar-refractivity contribution in [3.8, 4) is 0 Å². The van der Waals surface area contributed by atoms with Crippen molar-refractivity contribution in [2.75, 3.05) is 13.7 Å². The second kappa shape index (κ2) is 8.26. The van der Waals surface area contributed by atoms with Crippen molar-refractivity contribution in [1.29, 1.82) is 0 Å². The third-order valence-corrected chi connectivity index (χ3v) is 3.99. The fourth-order valence-corrected chi connectivity index (χ4v) is 2.70. The number of carbonyl (C=O) groups is 2. The Kier molecular flexibility index (Phi) is 6.97. The van der Waals surface area contributed by atoms with Crippen molar-refractivity contribution in [2.24, 2.45) is 0 Å². The highest BCUT2D eigenvalue weighted by molar-refractivity contribution is 9.11. The van der Waals surface area contributed by atoms with E-state index in [1.165, 1.54) is 18.4 Å². The van der Waals surface area contributed by atoms with Gasteiger partial charge in [0.25, 0.3) is 5.91 Å². The molecule has 0 unspecified atom stereocenters. The summed E-state index contributed by atoms with van der Waals surface area (Å²) in [5, 5.41) is 2.85. The molecule has 0 aliphatic carbocycles. The Balaban J connectivity index is 2.08. The number of halogens is 1. The van der Waals surface area contributed by atoms with Crippen LogP contribution in [0.4, 0.5) is 0 Å². The van der Waals surface area contributed by atoms with Gasteiger partial charge < -0.3 is 10.1 Å². The van der Waals surface area contributed by atoms with Gasteiger partial charge in [0.05, 0.1) is 15.8 Å². The number of unbranched alkanes of at least 4 members (excludes halogenated alkanes) is 2. The molecule has 0 atom stereocenters. The lowest BCUT2D eigenvalue weighted by Gasteiger charge is -2.03. The highest BCUT2D eigenvalue weighted by Crippen LogP contribution is 2.21. The first-order valence-electron chi connectivity index (χ1n) is 5.74. The maximum atomic E-state index is 11.6. The summed E-state index contributed by atoms with van der Waals surface area (Å²) in [6.07, 6.45) is 3.02. The van der Waals surface area contributed by atoms with Gasteiger partial charge in [-0.2, -0.15) is 0 Å². The van der Waals surface area contributed by atoms with E-state index >= 15 is 0 Å². The van der Waals surface area contributed by atoms with Gasteiger partial charge in [0.1, 0.15) is 0 Å². The second-order valence-corrected chi connectivity index (χ2v) is 6.21. The molecule has 1 rings (SSSR count). The first-order chi connectivity index (χ1) is 8.63. The first-order valence-corrected chi connectivity index (χ1v) is 7.35. The molecule has 1 N–H and O–H groups in total. The third-order valence-electron chi connectivity index (χ3n) is 2.37. The molecule has 0 aliphatic rings. The molecule has 1 heterocycles. The first kappa shape index (κ1) is 15.2. The minimum absolute atomic E-state index is 0.0429. The van der Waals surface area contributed by atoms with Crippen molar-refractivity contribution in [3.05, 3.63) is 20.8 Å². The van der Waals surface area contributed by atoms with Crippen LogP contribution in [0.2, 0.25) is 0 Å². The van der Waals surface area contributed by atoms with E-state index in [0.717, 1.165) is 23.0 Å². The molecule has 100 valence electrons. The molecule has 1 aromatic heterocycles. The quantitative estimate of drug-likeness (QED) is 0.616. The predicted octanol–water partition coefficient (Wildman–Crippen LogP) is 2.97. The highest BCUT2D eigenvalue weighted by Gasteiger charge is 2.07. The summed E-state index contributed by atoms with van der Waals surface area (Å²) < 4.78 is 5.49. The Bertz CT molecular complexity index is 406. The Labute approximate surface area is 119 Å². The summed E-state index contributed by atoms with van der Waals surface area (Å²) in [7, 11) is 1.39. The average Bonchev–Trinajstić information content (AvgIpc) is 2.79. The monoisotopic (exact) mass is 333 g/mol. The van der Waals surface area contributed by atoms with Crippen LogP contribution in [0.15, 0.2) is 15.9 Å². The van der Waals surface area contributed by atoms with E-state index in [1.54, 1.807) is 6.07 Å². The lowest BCUT2D eigenvalue weighted by Crippen LogP contribution is -2.23. The fraction of sp³-hybridized carbons (Fsp3) is 0.500. The molecule has 0 radical (unpaired) electrons. The van der Waals surface area contributed by atoms with Crippen molar-refractivity contribution in [1.82, 2.24) is 5.32 Å². The summed E-state index contributed by atoms with van der Waals surface area (Å²) >= 11 is 4.73. The topological polar surface area (TPSA) is 55.4 Å². The maximum Gasteiger partial charge on any atom is 0.305 e. The van der Waals surface area contributed by atoms with Gasteiger partial charge in [0, 0.05) is 13.0 Å². The minimum atomic E-state index is -0.178. The van der Waals surface area contributed by atoms with Crippen LogP contribution in [0.25, 0.3) is 0 Å². The smallest absolute Gasteiger partial charge is 0.305 e. The Hall–Kier alpha value is -0.880. The zero-order valence-electron chi connectivity index (χ0n) is 10.2. The number of hydrogen-bond acceptors (Lipinski definition) is 4.